The van der Waals surface area contributed by atoms with Crippen LogP contribution in [0.25, 0.3) is 0 Å². The predicted octanol–water partition coefficient (Wildman–Crippen LogP) is 1.83. The Labute approximate surface area is 151 Å². The maximum atomic E-state index is 11.1. The average molecular weight is 379 g/mol. The Kier molecular flexibility index (Phi) is 5.55. The molecule has 1 heterocycles. The Balaban J connectivity index is 1.68. The molecule has 3 rings (SSSR count). The summed E-state index contributed by atoms with van der Waals surface area (Å²) in [5.74, 6) is 1.52. The maximum Gasteiger partial charge on any atom is 0.294 e. The Morgan fingerprint density at radius 1 is 1.12 bits per heavy atom. The van der Waals surface area contributed by atoms with Gasteiger partial charge in [0.15, 0.2) is 0 Å². The van der Waals surface area contributed by atoms with Gasteiger partial charge in [0.25, 0.3) is 10.1 Å². The normalized spacial score (nSPS) is 14.1. The van der Waals surface area contributed by atoms with Crippen LogP contribution >= 0.6 is 0 Å². The van der Waals surface area contributed by atoms with Crippen molar-refractivity contribution in [2.45, 2.75) is 30.1 Å². The molecular formula is C16H21N5O4S. The number of aromatic nitrogens is 2. The molecular weight excluding hydrogens is 358 g/mol. The van der Waals surface area contributed by atoms with Gasteiger partial charge >= 0.3 is 0 Å². The molecule has 10 heteroatoms. The third-order valence-electron chi connectivity index (χ3n) is 3.85. The van der Waals surface area contributed by atoms with Crippen LogP contribution < -0.4 is 16.2 Å². The van der Waals surface area contributed by atoms with E-state index in [0.717, 1.165) is 18.5 Å². The smallest absolute Gasteiger partial charge is 0.294 e. The molecule has 0 atom stereocenters. The summed E-state index contributed by atoms with van der Waals surface area (Å²) in [6.07, 6.45) is 2.83. The van der Waals surface area contributed by atoms with Crippen molar-refractivity contribution in [3.05, 3.63) is 36.0 Å². The minimum absolute atomic E-state index is 0.0987. The third kappa shape index (κ3) is 5.04. The molecule has 1 saturated carbocycles. The number of nitrogens with one attached hydrogen (secondary N) is 3. The Bertz CT molecular complexity index is 853. The molecule has 0 unspecified atom stereocenters. The van der Waals surface area contributed by atoms with Gasteiger partial charge in [-0.05, 0) is 43.5 Å². The first kappa shape index (κ1) is 18.4. The van der Waals surface area contributed by atoms with Crippen LogP contribution in [-0.2, 0) is 10.1 Å². The monoisotopic (exact) mass is 379 g/mol. The summed E-state index contributed by atoms with van der Waals surface area (Å²) < 4.78 is 31.1. The summed E-state index contributed by atoms with van der Waals surface area (Å²) in [6.45, 7) is 0.677. The SMILES string of the molecule is O=S(=O)(O)c1ccc(NNc2cc(C3CC3)nc(NCCCO)n2)cc1. The maximum absolute atomic E-state index is 11.1. The molecule has 0 amide bonds. The molecule has 1 aliphatic rings. The number of anilines is 3. The van der Waals surface area contributed by atoms with Crippen molar-refractivity contribution in [1.29, 1.82) is 0 Å². The number of nitrogens with zero attached hydrogens (tertiary/aromatic N) is 2. The molecule has 5 N–H and O–H groups in total. The topological polar surface area (TPSA) is 136 Å². The minimum atomic E-state index is -4.21. The molecule has 0 bridgehead atoms. The van der Waals surface area contributed by atoms with Crippen LogP contribution in [0.1, 0.15) is 30.9 Å². The summed E-state index contributed by atoms with van der Waals surface area (Å²) in [7, 11) is -4.21. The fourth-order valence-corrected chi connectivity index (χ4v) is 2.80. The molecule has 1 fully saturated rings. The first-order valence-corrected chi connectivity index (χ1v) is 9.73. The fourth-order valence-electron chi connectivity index (χ4n) is 2.32. The zero-order valence-electron chi connectivity index (χ0n) is 14.0. The standard InChI is InChI=1S/C16H21N5O4S/c22-9-1-8-17-16-18-14(11-2-3-11)10-15(19-16)21-20-12-4-6-13(7-5-12)26(23,24)25/h4-7,10-11,20,22H,1-3,8-9H2,(H,23,24,25)(H2,17,18,19,21). The molecule has 26 heavy (non-hydrogen) atoms. The van der Waals surface area contributed by atoms with Gasteiger partial charge in [0.1, 0.15) is 5.82 Å². The van der Waals surface area contributed by atoms with Crippen molar-refractivity contribution in [3.8, 4) is 0 Å². The lowest BCUT2D eigenvalue weighted by Crippen LogP contribution is -2.14. The lowest BCUT2D eigenvalue weighted by molar-refractivity contribution is 0.292. The van der Waals surface area contributed by atoms with Gasteiger partial charge in [0, 0.05) is 25.1 Å². The summed E-state index contributed by atoms with van der Waals surface area (Å²) in [4.78, 5) is 8.70. The predicted molar refractivity (Wildman–Crippen MR) is 97.7 cm³/mol. The van der Waals surface area contributed by atoms with E-state index in [1.165, 1.54) is 24.3 Å². The van der Waals surface area contributed by atoms with Crippen LogP contribution in [0.5, 0.6) is 0 Å². The van der Waals surface area contributed by atoms with Gasteiger partial charge in [-0.1, -0.05) is 0 Å². The quantitative estimate of drug-likeness (QED) is 0.251. The van der Waals surface area contributed by atoms with Crippen molar-refractivity contribution < 1.29 is 18.1 Å². The largest absolute Gasteiger partial charge is 0.396 e. The molecule has 1 aromatic carbocycles. The van der Waals surface area contributed by atoms with E-state index >= 15 is 0 Å². The van der Waals surface area contributed by atoms with E-state index < -0.39 is 10.1 Å². The van der Waals surface area contributed by atoms with Crippen LogP contribution in [0.3, 0.4) is 0 Å². The molecule has 1 aromatic heterocycles. The van der Waals surface area contributed by atoms with Crippen molar-refractivity contribution in [2.24, 2.45) is 0 Å². The number of hydrogen-bond acceptors (Lipinski definition) is 8. The number of hydrazine groups is 1. The van der Waals surface area contributed by atoms with Crippen molar-refractivity contribution >= 4 is 27.6 Å². The molecule has 140 valence electrons. The van der Waals surface area contributed by atoms with E-state index in [9.17, 15) is 8.42 Å². The second-order valence-corrected chi connectivity index (χ2v) is 7.45. The van der Waals surface area contributed by atoms with E-state index in [-0.39, 0.29) is 11.5 Å². The van der Waals surface area contributed by atoms with Gasteiger partial charge < -0.3 is 10.4 Å². The van der Waals surface area contributed by atoms with Crippen molar-refractivity contribution in [1.82, 2.24) is 9.97 Å². The molecule has 2 aromatic rings. The first-order chi connectivity index (χ1) is 12.5. The van der Waals surface area contributed by atoms with Gasteiger partial charge in [0.05, 0.1) is 16.3 Å². The van der Waals surface area contributed by atoms with E-state index in [0.29, 0.717) is 36.3 Å². The zero-order chi connectivity index (χ0) is 18.6. The molecule has 0 saturated heterocycles. The Morgan fingerprint density at radius 3 is 2.46 bits per heavy atom. The van der Waals surface area contributed by atoms with Crippen LogP contribution in [0.15, 0.2) is 35.2 Å². The molecule has 9 nitrogen and oxygen atoms in total. The third-order valence-corrected chi connectivity index (χ3v) is 4.71. The van der Waals surface area contributed by atoms with Gasteiger partial charge in [-0.2, -0.15) is 13.4 Å². The van der Waals surface area contributed by atoms with Gasteiger partial charge in [-0.15, -0.1) is 0 Å². The molecule has 1 aliphatic carbocycles. The highest BCUT2D eigenvalue weighted by Crippen LogP contribution is 2.39. The highest BCUT2D eigenvalue weighted by molar-refractivity contribution is 7.85. The summed E-state index contributed by atoms with van der Waals surface area (Å²) >= 11 is 0. The second kappa shape index (κ2) is 7.85. The van der Waals surface area contributed by atoms with Gasteiger partial charge in [0.2, 0.25) is 5.95 Å². The van der Waals surface area contributed by atoms with E-state index in [1.54, 1.807) is 0 Å². The zero-order valence-corrected chi connectivity index (χ0v) is 14.8. The van der Waals surface area contributed by atoms with Gasteiger partial charge in [-0.3, -0.25) is 15.4 Å². The molecule has 0 spiro atoms. The molecule has 0 radical (unpaired) electrons. The van der Waals surface area contributed by atoms with Crippen molar-refractivity contribution in [3.63, 3.8) is 0 Å². The van der Waals surface area contributed by atoms with Crippen LogP contribution in [-0.4, -0.2) is 41.2 Å². The Morgan fingerprint density at radius 2 is 1.85 bits per heavy atom. The number of hydrogen-bond donors (Lipinski definition) is 5. The van der Waals surface area contributed by atoms with Crippen LogP contribution in [0.4, 0.5) is 17.5 Å². The average Bonchev–Trinajstić information content (AvgIpc) is 3.45. The summed E-state index contributed by atoms with van der Waals surface area (Å²) in [6, 6.07) is 7.53. The number of rotatable bonds is 9. The highest BCUT2D eigenvalue weighted by Gasteiger charge is 2.26. The van der Waals surface area contributed by atoms with E-state index in [2.05, 4.69) is 26.1 Å². The fraction of sp³-hybridized carbons (Fsp3) is 0.375. The number of aliphatic hydroxyl groups excluding tert-OH is 1. The van der Waals surface area contributed by atoms with Crippen LogP contribution in [0.2, 0.25) is 0 Å². The minimum Gasteiger partial charge on any atom is -0.396 e. The Hall–Kier alpha value is -2.43. The lowest BCUT2D eigenvalue weighted by atomic mass is 10.3. The highest BCUT2D eigenvalue weighted by atomic mass is 32.2. The molecule has 0 aliphatic heterocycles. The number of aliphatic hydroxyl groups is 1. The van der Waals surface area contributed by atoms with E-state index in [1.807, 2.05) is 6.07 Å². The van der Waals surface area contributed by atoms with Crippen molar-refractivity contribution in [2.75, 3.05) is 29.3 Å². The van der Waals surface area contributed by atoms with Crippen LogP contribution in [0, 0.1) is 0 Å². The van der Waals surface area contributed by atoms with E-state index in [4.69, 9.17) is 9.66 Å². The summed E-state index contributed by atoms with van der Waals surface area (Å²) in [5.41, 5.74) is 7.47. The van der Waals surface area contributed by atoms with Gasteiger partial charge in [-0.25, -0.2) is 4.98 Å². The summed E-state index contributed by atoms with van der Waals surface area (Å²) in [5, 5.41) is 12.0. The second-order valence-electron chi connectivity index (χ2n) is 6.03. The number of benzene rings is 1. The first-order valence-electron chi connectivity index (χ1n) is 8.29. The lowest BCUT2D eigenvalue weighted by Gasteiger charge is -2.12.